The van der Waals surface area contributed by atoms with Crippen molar-refractivity contribution in [3.05, 3.63) is 65.0 Å². The highest BCUT2D eigenvalue weighted by molar-refractivity contribution is 5.77. The summed E-state index contributed by atoms with van der Waals surface area (Å²) in [7, 11) is 3.72. The van der Waals surface area contributed by atoms with Gasteiger partial charge in [0, 0.05) is 56.6 Å². The molecule has 2 aliphatic carbocycles. The van der Waals surface area contributed by atoms with Crippen LogP contribution in [0.4, 0.5) is 0 Å². The van der Waals surface area contributed by atoms with Crippen molar-refractivity contribution in [2.24, 2.45) is 0 Å². The number of hydrogen-bond acceptors (Lipinski definition) is 5. The molecule has 0 bridgehead atoms. The number of carbonyl (C=O) groups is 1. The van der Waals surface area contributed by atoms with Gasteiger partial charge in [-0.05, 0) is 86.7 Å². The number of aromatic nitrogens is 1. The Kier molecular flexibility index (Phi) is 7.32. The fourth-order valence-corrected chi connectivity index (χ4v) is 7.97. The Labute approximate surface area is 228 Å². The van der Waals surface area contributed by atoms with Crippen LogP contribution in [-0.2, 0) is 21.4 Å². The van der Waals surface area contributed by atoms with Crippen LogP contribution in [-0.4, -0.2) is 66.6 Å². The molecule has 2 unspecified atom stereocenters. The topological polar surface area (TPSA) is 57.7 Å². The summed E-state index contributed by atoms with van der Waals surface area (Å²) in [6.45, 7) is 3.30. The van der Waals surface area contributed by atoms with E-state index in [0.717, 1.165) is 58.2 Å². The number of nitrogens with one attached hydrogen (secondary N) is 1. The summed E-state index contributed by atoms with van der Waals surface area (Å²) >= 11 is 0. The van der Waals surface area contributed by atoms with E-state index < -0.39 is 0 Å². The third kappa shape index (κ3) is 4.91. The van der Waals surface area contributed by atoms with Crippen LogP contribution in [0, 0.1) is 0 Å². The van der Waals surface area contributed by atoms with Crippen molar-refractivity contribution in [2.75, 3.05) is 40.3 Å². The van der Waals surface area contributed by atoms with Gasteiger partial charge in [-0.3, -0.25) is 14.7 Å². The molecule has 1 saturated carbocycles. The van der Waals surface area contributed by atoms with Gasteiger partial charge in [-0.25, -0.2) is 0 Å². The number of rotatable bonds is 7. The number of amides is 1. The maximum absolute atomic E-state index is 12.5. The molecule has 1 spiro atoms. The molecule has 2 aromatic rings. The summed E-state index contributed by atoms with van der Waals surface area (Å²) in [6, 6.07) is 14.0. The second-order valence-electron chi connectivity index (χ2n) is 12.4. The van der Waals surface area contributed by atoms with E-state index >= 15 is 0 Å². The van der Waals surface area contributed by atoms with E-state index in [1.165, 1.54) is 48.1 Å². The Bertz CT molecular complexity index is 1130. The van der Waals surface area contributed by atoms with Gasteiger partial charge < -0.3 is 15.0 Å². The summed E-state index contributed by atoms with van der Waals surface area (Å²) in [5.74, 6) is 0.197. The lowest BCUT2D eigenvalue weighted by molar-refractivity contribution is -0.130. The largest absolute Gasteiger partial charge is 0.375 e. The quantitative estimate of drug-likeness (QED) is 0.565. The average Bonchev–Trinajstić information content (AvgIpc) is 3.38. The van der Waals surface area contributed by atoms with E-state index in [9.17, 15) is 4.79 Å². The van der Waals surface area contributed by atoms with Crippen LogP contribution >= 0.6 is 0 Å². The van der Waals surface area contributed by atoms with E-state index in [2.05, 4.69) is 40.5 Å². The summed E-state index contributed by atoms with van der Waals surface area (Å²) in [5, 5.41) is 4.01. The standard InChI is InChI=1S/C32H44N4O2/c1-35(2)29(37)22-36-20-13-24-8-7-9-25-26(11-12-27(36)30(24)25)33-19-16-31(28-10-3-6-18-34-28)17-21-38-32(23-31)14-4-5-15-32/h3,6-10,18,26-27,33H,4-5,11-17,19-23H2,1-2H3/t26?,27?,31-/m1/s1. The first kappa shape index (κ1) is 26.0. The van der Waals surface area contributed by atoms with E-state index in [1.807, 2.05) is 26.4 Å². The van der Waals surface area contributed by atoms with Gasteiger partial charge in [-0.2, -0.15) is 0 Å². The first-order chi connectivity index (χ1) is 18.5. The van der Waals surface area contributed by atoms with Gasteiger partial charge in [-0.1, -0.05) is 37.1 Å². The van der Waals surface area contributed by atoms with Gasteiger partial charge in [0.05, 0.1) is 12.1 Å². The molecule has 2 aliphatic heterocycles. The van der Waals surface area contributed by atoms with Crippen LogP contribution < -0.4 is 5.32 Å². The average molecular weight is 517 g/mol. The van der Waals surface area contributed by atoms with Gasteiger partial charge in [-0.15, -0.1) is 0 Å². The number of hydrogen-bond donors (Lipinski definition) is 1. The number of pyridine rings is 1. The minimum atomic E-state index is 0.0553. The lowest BCUT2D eigenvalue weighted by Crippen LogP contribution is -2.48. The highest BCUT2D eigenvalue weighted by Crippen LogP contribution is 2.50. The number of ether oxygens (including phenoxy) is 1. The van der Waals surface area contributed by atoms with E-state index in [1.54, 1.807) is 4.90 Å². The third-order valence-corrected chi connectivity index (χ3v) is 9.98. The summed E-state index contributed by atoms with van der Waals surface area (Å²) in [6.07, 6.45) is 13.4. The van der Waals surface area contributed by atoms with Crippen molar-refractivity contribution in [1.29, 1.82) is 0 Å². The first-order valence-electron chi connectivity index (χ1n) is 14.8. The maximum Gasteiger partial charge on any atom is 0.236 e. The molecule has 1 saturated heterocycles. The van der Waals surface area contributed by atoms with Crippen molar-refractivity contribution in [2.45, 2.75) is 87.3 Å². The van der Waals surface area contributed by atoms with Crippen LogP contribution in [0.3, 0.4) is 0 Å². The molecule has 6 nitrogen and oxygen atoms in total. The van der Waals surface area contributed by atoms with E-state index in [4.69, 9.17) is 9.72 Å². The molecule has 1 aromatic carbocycles. The molecule has 38 heavy (non-hydrogen) atoms. The molecule has 1 N–H and O–H groups in total. The normalized spacial score (nSPS) is 28.3. The molecule has 0 radical (unpaired) electrons. The predicted octanol–water partition coefficient (Wildman–Crippen LogP) is 4.94. The minimum Gasteiger partial charge on any atom is -0.375 e. The summed E-state index contributed by atoms with van der Waals surface area (Å²) in [4.78, 5) is 21.6. The molecule has 6 rings (SSSR count). The van der Waals surface area contributed by atoms with Gasteiger partial charge in [0.2, 0.25) is 5.91 Å². The van der Waals surface area contributed by atoms with Crippen molar-refractivity contribution >= 4 is 5.91 Å². The van der Waals surface area contributed by atoms with Crippen molar-refractivity contribution < 1.29 is 9.53 Å². The highest BCUT2D eigenvalue weighted by Gasteiger charge is 2.48. The third-order valence-electron chi connectivity index (χ3n) is 9.98. The van der Waals surface area contributed by atoms with Crippen molar-refractivity contribution in [3.8, 4) is 0 Å². The number of nitrogens with zero attached hydrogens (tertiary/aromatic N) is 3. The number of benzene rings is 1. The minimum absolute atomic E-state index is 0.0553. The molecular weight excluding hydrogens is 472 g/mol. The Balaban J connectivity index is 1.19. The number of carbonyl (C=O) groups excluding carboxylic acids is 1. The molecule has 2 fully saturated rings. The lowest BCUT2D eigenvalue weighted by Gasteiger charge is -2.47. The summed E-state index contributed by atoms with van der Waals surface area (Å²) < 4.78 is 6.46. The van der Waals surface area contributed by atoms with Crippen LogP contribution in [0.5, 0.6) is 0 Å². The SMILES string of the molecule is CN(C)C(=O)CN1CCc2cccc3c2C1CCC3NCC[C@@]1(c2ccccn2)CCOC2(CCCC2)C1. The zero-order valence-corrected chi connectivity index (χ0v) is 23.3. The zero-order chi connectivity index (χ0) is 26.2. The highest BCUT2D eigenvalue weighted by atomic mass is 16.5. The molecule has 6 heteroatoms. The molecule has 204 valence electrons. The van der Waals surface area contributed by atoms with Gasteiger partial charge >= 0.3 is 0 Å². The van der Waals surface area contributed by atoms with Crippen LogP contribution in [0.15, 0.2) is 42.6 Å². The second kappa shape index (κ2) is 10.7. The van der Waals surface area contributed by atoms with Crippen molar-refractivity contribution in [3.63, 3.8) is 0 Å². The second-order valence-corrected chi connectivity index (χ2v) is 12.4. The maximum atomic E-state index is 12.5. The van der Waals surface area contributed by atoms with E-state index in [0.29, 0.717) is 18.6 Å². The number of likely N-dealkylation sites (N-methyl/N-ethyl adjacent to an activating group) is 1. The molecular formula is C32H44N4O2. The van der Waals surface area contributed by atoms with E-state index in [-0.39, 0.29) is 16.9 Å². The van der Waals surface area contributed by atoms with Crippen LogP contribution in [0.2, 0.25) is 0 Å². The fourth-order valence-electron chi connectivity index (χ4n) is 7.97. The van der Waals surface area contributed by atoms with Crippen molar-refractivity contribution in [1.82, 2.24) is 20.1 Å². The monoisotopic (exact) mass is 516 g/mol. The molecule has 4 aliphatic rings. The smallest absolute Gasteiger partial charge is 0.236 e. The molecule has 3 heterocycles. The van der Waals surface area contributed by atoms with Crippen LogP contribution in [0.1, 0.15) is 92.3 Å². The summed E-state index contributed by atoms with van der Waals surface area (Å²) in [5.41, 5.74) is 5.80. The Morgan fingerprint density at radius 2 is 2.00 bits per heavy atom. The molecule has 3 atom stereocenters. The first-order valence-corrected chi connectivity index (χ1v) is 14.8. The zero-order valence-electron chi connectivity index (χ0n) is 23.3. The Morgan fingerprint density at radius 3 is 2.79 bits per heavy atom. The fraction of sp³-hybridized carbons (Fsp3) is 0.625. The van der Waals surface area contributed by atoms with Gasteiger partial charge in [0.1, 0.15) is 0 Å². The van der Waals surface area contributed by atoms with Crippen LogP contribution in [0.25, 0.3) is 0 Å². The van der Waals surface area contributed by atoms with Gasteiger partial charge in [0.25, 0.3) is 0 Å². The van der Waals surface area contributed by atoms with Gasteiger partial charge in [0.15, 0.2) is 0 Å². The lowest BCUT2D eigenvalue weighted by atomic mass is 9.68. The molecule has 1 aromatic heterocycles. The predicted molar refractivity (Wildman–Crippen MR) is 150 cm³/mol. The Morgan fingerprint density at radius 1 is 1.13 bits per heavy atom. The Hall–Kier alpha value is -2.28. The molecule has 1 amide bonds.